The van der Waals surface area contributed by atoms with Gasteiger partial charge >= 0.3 is 6.18 Å². The Hall–Kier alpha value is -1.24. The Balaban J connectivity index is 2.23. The van der Waals surface area contributed by atoms with Gasteiger partial charge in [-0.25, -0.2) is 0 Å². The van der Waals surface area contributed by atoms with Gasteiger partial charge in [0.2, 0.25) is 0 Å². The van der Waals surface area contributed by atoms with Crippen LogP contribution in [0.3, 0.4) is 0 Å². The molecule has 0 saturated carbocycles. The molecule has 2 aromatic carbocycles. The number of rotatable bonds is 4. The maximum Gasteiger partial charge on any atom is 0.391 e. The van der Waals surface area contributed by atoms with Crippen molar-refractivity contribution in [2.24, 2.45) is 0 Å². The van der Waals surface area contributed by atoms with E-state index in [9.17, 15) is 13.2 Å². The number of alkyl halides is 3. The fraction of sp³-hybridized carbons (Fsp3) is 0.200. The molecule has 1 atom stereocenters. The van der Waals surface area contributed by atoms with Gasteiger partial charge in [-0.2, -0.15) is 13.2 Å². The van der Waals surface area contributed by atoms with Crippen molar-refractivity contribution >= 4 is 28.3 Å². The fourth-order valence-corrected chi connectivity index (χ4v) is 2.49. The summed E-state index contributed by atoms with van der Waals surface area (Å²) in [5.41, 5.74) is 1.32. The molecule has 0 aliphatic heterocycles. The summed E-state index contributed by atoms with van der Waals surface area (Å²) >= 11 is 2.13. The molecule has 1 nitrogen and oxygen atoms in total. The van der Waals surface area contributed by atoms with Crippen molar-refractivity contribution in [1.82, 2.24) is 0 Å². The fourth-order valence-electron chi connectivity index (χ4n) is 1.95. The van der Waals surface area contributed by atoms with Crippen molar-refractivity contribution in [2.75, 3.05) is 5.32 Å². The lowest BCUT2D eigenvalue weighted by Gasteiger charge is -2.22. The quantitative estimate of drug-likeness (QED) is 0.689. The van der Waals surface area contributed by atoms with Crippen LogP contribution in [0.4, 0.5) is 18.9 Å². The van der Waals surface area contributed by atoms with Gasteiger partial charge in [0, 0.05) is 9.26 Å². The second kappa shape index (κ2) is 6.47. The maximum absolute atomic E-state index is 12.7. The normalized spacial score (nSPS) is 13.0. The van der Waals surface area contributed by atoms with E-state index in [4.69, 9.17) is 0 Å². The number of hydrogen-bond donors (Lipinski definition) is 1. The van der Waals surface area contributed by atoms with Crippen molar-refractivity contribution in [3.63, 3.8) is 0 Å². The molecule has 0 aliphatic carbocycles. The molecule has 1 unspecified atom stereocenters. The molecule has 0 radical (unpaired) electrons. The Labute approximate surface area is 129 Å². The molecule has 0 saturated heterocycles. The smallest absolute Gasteiger partial charge is 0.378 e. The first-order chi connectivity index (χ1) is 9.44. The first-order valence-electron chi connectivity index (χ1n) is 6.08. The number of anilines is 1. The third-order valence-corrected chi connectivity index (χ3v) is 3.47. The highest BCUT2D eigenvalue weighted by atomic mass is 127. The van der Waals surface area contributed by atoms with Crippen molar-refractivity contribution in [1.29, 1.82) is 0 Å². The van der Waals surface area contributed by atoms with E-state index in [0.717, 1.165) is 3.57 Å². The first kappa shape index (κ1) is 15.2. The number of benzene rings is 2. The van der Waals surface area contributed by atoms with Gasteiger partial charge < -0.3 is 5.32 Å². The van der Waals surface area contributed by atoms with Crippen LogP contribution in [0.1, 0.15) is 18.0 Å². The Kier molecular flexibility index (Phi) is 4.91. The highest BCUT2D eigenvalue weighted by Gasteiger charge is 2.32. The summed E-state index contributed by atoms with van der Waals surface area (Å²) in [7, 11) is 0. The van der Waals surface area contributed by atoms with E-state index in [1.54, 1.807) is 36.4 Å². The third-order valence-electron chi connectivity index (χ3n) is 2.80. The summed E-state index contributed by atoms with van der Waals surface area (Å²) in [4.78, 5) is 0. The first-order valence-corrected chi connectivity index (χ1v) is 7.16. The average Bonchev–Trinajstić information content (AvgIpc) is 2.37. The molecule has 0 fully saturated rings. The minimum atomic E-state index is -4.21. The average molecular weight is 391 g/mol. The predicted octanol–water partition coefficient (Wildman–Crippen LogP) is 5.40. The zero-order chi connectivity index (χ0) is 14.6. The van der Waals surface area contributed by atoms with Crippen molar-refractivity contribution in [2.45, 2.75) is 18.6 Å². The third kappa shape index (κ3) is 4.70. The molecule has 0 amide bonds. The van der Waals surface area contributed by atoms with E-state index in [1.807, 2.05) is 18.2 Å². The van der Waals surface area contributed by atoms with Crippen LogP contribution in [0.15, 0.2) is 54.6 Å². The van der Waals surface area contributed by atoms with E-state index in [-0.39, 0.29) is 0 Å². The number of hydrogen-bond acceptors (Lipinski definition) is 1. The Morgan fingerprint density at radius 2 is 1.70 bits per heavy atom. The zero-order valence-corrected chi connectivity index (χ0v) is 12.6. The van der Waals surface area contributed by atoms with Crippen LogP contribution >= 0.6 is 22.6 Å². The minimum absolute atomic E-state index is 0.628. The molecule has 5 heteroatoms. The second-order valence-electron chi connectivity index (χ2n) is 4.44. The molecular weight excluding hydrogens is 378 g/mol. The lowest BCUT2D eigenvalue weighted by Crippen LogP contribution is -2.20. The highest BCUT2D eigenvalue weighted by molar-refractivity contribution is 14.1. The molecule has 0 bridgehead atoms. The second-order valence-corrected chi connectivity index (χ2v) is 5.68. The van der Waals surface area contributed by atoms with Gasteiger partial charge in [0.25, 0.3) is 0 Å². The molecule has 1 N–H and O–H groups in total. The Bertz CT molecular complexity index is 555. The summed E-state index contributed by atoms with van der Waals surface area (Å²) in [5.74, 6) is 0. The molecule has 0 aliphatic rings. The van der Waals surface area contributed by atoms with Crippen LogP contribution in [0, 0.1) is 3.57 Å². The van der Waals surface area contributed by atoms with E-state index in [2.05, 4.69) is 27.9 Å². The van der Waals surface area contributed by atoms with Gasteiger partial charge in [0.1, 0.15) is 0 Å². The molecule has 106 valence electrons. The van der Waals surface area contributed by atoms with E-state index in [1.165, 1.54) is 0 Å². The van der Waals surface area contributed by atoms with Crippen LogP contribution in [0.2, 0.25) is 0 Å². The van der Waals surface area contributed by atoms with E-state index >= 15 is 0 Å². The van der Waals surface area contributed by atoms with Gasteiger partial charge in [0.15, 0.2) is 0 Å². The van der Waals surface area contributed by atoms with Crippen LogP contribution in [0.5, 0.6) is 0 Å². The molecule has 0 spiro atoms. The SMILES string of the molecule is FC(F)(F)CC(Nc1cccc(I)c1)c1ccccc1. The maximum atomic E-state index is 12.7. The molecule has 0 heterocycles. The molecule has 20 heavy (non-hydrogen) atoms. The number of nitrogens with one attached hydrogen (secondary N) is 1. The summed E-state index contributed by atoms with van der Waals surface area (Å²) in [5, 5.41) is 2.97. The van der Waals surface area contributed by atoms with Gasteiger partial charge in [-0.3, -0.25) is 0 Å². The molecular formula is C15H13F3IN. The van der Waals surface area contributed by atoms with Crippen molar-refractivity contribution in [3.8, 4) is 0 Å². The van der Waals surface area contributed by atoms with Gasteiger partial charge in [-0.1, -0.05) is 36.4 Å². The largest absolute Gasteiger partial charge is 0.391 e. The summed E-state index contributed by atoms with van der Waals surface area (Å²) < 4.78 is 39.2. The topological polar surface area (TPSA) is 12.0 Å². The van der Waals surface area contributed by atoms with Crippen molar-refractivity contribution in [3.05, 3.63) is 63.7 Å². The van der Waals surface area contributed by atoms with E-state index in [0.29, 0.717) is 11.3 Å². The predicted molar refractivity (Wildman–Crippen MR) is 82.6 cm³/mol. The molecule has 2 rings (SSSR count). The van der Waals surface area contributed by atoms with Crippen LogP contribution < -0.4 is 5.32 Å². The standard InChI is InChI=1S/C15H13F3IN/c16-15(17,18)10-14(11-5-2-1-3-6-11)20-13-8-4-7-12(19)9-13/h1-9,14,20H,10H2. The number of halogens is 4. The lowest BCUT2D eigenvalue weighted by atomic mass is 10.0. The van der Waals surface area contributed by atoms with Crippen LogP contribution in [0.25, 0.3) is 0 Å². The Morgan fingerprint density at radius 1 is 1.00 bits per heavy atom. The van der Waals surface area contributed by atoms with Gasteiger partial charge in [-0.05, 0) is 46.4 Å². The summed E-state index contributed by atoms with van der Waals surface area (Å²) in [6.45, 7) is 0. The van der Waals surface area contributed by atoms with E-state index < -0.39 is 18.6 Å². The zero-order valence-electron chi connectivity index (χ0n) is 10.5. The molecule has 2 aromatic rings. The van der Waals surface area contributed by atoms with Crippen LogP contribution in [-0.2, 0) is 0 Å². The highest BCUT2D eigenvalue weighted by Crippen LogP contribution is 2.32. The van der Waals surface area contributed by atoms with Gasteiger partial charge in [0.05, 0.1) is 12.5 Å². The monoisotopic (exact) mass is 391 g/mol. The lowest BCUT2D eigenvalue weighted by molar-refractivity contribution is -0.137. The minimum Gasteiger partial charge on any atom is -0.378 e. The summed E-state index contributed by atoms with van der Waals surface area (Å²) in [6, 6.07) is 15.2. The van der Waals surface area contributed by atoms with Crippen LogP contribution in [-0.4, -0.2) is 6.18 Å². The summed E-state index contributed by atoms with van der Waals surface area (Å²) in [6.07, 6.45) is -5.11. The Morgan fingerprint density at radius 3 is 2.30 bits per heavy atom. The van der Waals surface area contributed by atoms with Gasteiger partial charge in [-0.15, -0.1) is 0 Å². The van der Waals surface area contributed by atoms with Crippen molar-refractivity contribution < 1.29 is 13.2 Å². The molecule has 0 aromatic heterocycles.